The van der Waals surface area contributed by atoms with Crippen molar-refractivity contribution < 1.29 is 14.7 Å². The van der Waals surface area contributed by atoms with E-state index >= 15 is 0 Å². The summed E-state index contributed by atoms with van der Waals surface area (Å²) in [4.78, 5) is 1.50. The summed E-state index contributed by atoms with van der Waals surface area (Å²) < 4.78 is 5.87. The van der Waals surface area contributed by atoms with Crippen LogP contribution < -0.4 is 9.64 Å². The van der Waals surface area contributed by atoms with Crippen LogP contribution in [0.1, 0.15) is 39.2 Å². The van der Waals surface area contributed by atoms with Gasteiger partial charge >= 0.3 is 0 Å². The van der Waals surface area contributed by atoms with Crippen molar-refractivity contribution in [2.75, 3.05) is 26.2 Å². The molecule has 0 bridgehead atoms. The van der Waals surface area contributed by atoms with Crippen LogP contribution in [-0.2, 0) is 5.41 Å². The van der Waals surface area contributed by atoms with Crippen LogP contribution >= 0.6 is 0 Å². The first-order valence-corrected chi connectivity index (χ1v) is 7.71. The summed E-state index contributed by atoms with van der Waals surface area (Å²) in [7, 11) is 0. The molecule has 2 N–H and O–H groups in total. The van der Waals surface area contributed by atoms with Gasteiger partial charge in [0.2, 0.25) is 0 Å². The first kappa shape index (κ1) is 15.3. The fourth-order valence-corrected chi connectivity index (χ4v) is 2.87. The fourth-order valence-electron chi connectivity index (χ4n) is 2.87. The molecule has 1 fully saturated rings. The molecule has 2 rings (SSSR count). The van der Waals surface area contributed by atoms with Crippen molar-refractivity contribution >= 4 is 0 Å². The van der Waals surface area contributed by atoms with Gasteiger partial charge in [0, 0.05) is 12.8 Å². The zero-order valence-corrected chi connectivity index (χ0v) is 13.0. The van der Waals surface area contributed by atoms with Gasteiger partial charge < -0.3 is 14.7 Å². The maximum Gasteiger partial charge on any atom is 0.137 e. The van der Waals surface area contributed by atoms with Gasteiger partial charge in [0.1, 0.15) is 25.0 Å². The minimum Gasteiger partial charge on any atom is -0.490 e. The van der Waals surface area contributed by atoms with Crippen molar-refractivity contribution in [3.8, 4) is 5.75 Å². The fraction of sp³-hybridized carbons (Fsp3) is 0.647. The number of likely N-dealkylation sites (tertiary alicyclic amines) is 1. The predicted octanol–water partition coefficient (Wildman–Crippen LogP) is 1.40. The summed E-state index contributed by atoms with van der Waals surface area (Å²) >= 11 is 0. The third-order valence-corrected chi connectivity index (χ3v) is 3.96. The normalized spacial score (nSPS) is 18.2. The minimum absolute atomic E-state index is 0.0573. The van der Waals surface area contributed by atoms with Crippen molar-refractivity contribution in [1.82, 2.24) is 0 Å². The molecule has 1 aromatic rings. The molecule has 1 heterocycles. The molecule has 112 valence electrons. The SMILES string of the molecule is CC(C)(C)c1ccccc1OCC(O)C[NH+]1CCCC1. The average molecular weight is 278 g/mol. The van der Waals surface area contributed by atoms with Gasteiger partial charge in [0.05, 0.1) is 13.1 Å². The van der Waals surface area contributed by atoms with Crippen molar-refractivity contribution in [2.45, 2.75) is 45.1 Å². The van der Waals surface area contributed by atoms with Crippen LogP contribution in [0, 0.1) is 0 Å². The largest absolute Gasteiger partial charge is 0.490 e. The van der Waals surface area contributed by atoms with E-state index < -0.39 is 0 Å². The number of hydrogen-bond donors (Lipinski definition) is 2. The van der Waals surface area contributed by atoms with Crippen LogP contribution in [0.2, 0.25) is 0 Å². The molecule has 0 spiro atoms. The summed E-state index contributed by atoms with van der Waals surface area (Å²) in [5.41, 5.74) is 1.25. The van der Waals surface area contributed by atoms with E-state index in [1.807, 2.05) is 18.2 Å². The molecule has 0 aromatic heterocycles. The standard InChI is InChI=1S/C17H27NO2/c1-17(2,3)15-8-4-5-9-16(15)20-13-14(19)12-18-10-6-7-11-18/h4-5,8-9,14,19H,6-7,10-13H2,1-3H3/p+1. The lowest BCUT2D eigenvalue weighted by atomic mass is 9.86. The molecule has 1 aliphatic rings. The van der Waals surface area contributed by atoms with Gasteiger partial charge in [-0.25, -0.2) is 0 Å². The van der Waals surface area contributed by atoms with Crippen molar-refractivity contribution in [3.05, 3.63) is 29.8 Å². The first-order chi connectivity index (χ1) is 9.47. The van der Waals surface area contributed by atoms with E-state index in [1.54, 1.807) is 0 Å². The maximum atomic E-state index is 10.1. The Morgan fingerprint density at radius 3 is 2.50 bits per heavy atom. The number of ether oxygens (including phenoxy) is 1. The predicted molar refractivity (Wildman–Crippen MR) is 81.4 cm³/mol. The van der Waals surface area contributed by atoms with Crippen LogP contribution in [0.4, 0.5) is 0 Å². The van der Waals surface area contributed by atoms with Gasteiger partial charge in [0.15, 0.2) is 0 Å². The molecular formula is C17H28NO2+. The van der Waals surface area contributed by atoms with E-state index in [9.17, 15) is 5.11 Å². The second kappa shape index (κ2) is 6.59. The van der Waals surface area contributed by atoms with E-state index in [-0.39, 0.29) is 11.5 Å². The summed E-state index contributed by atoms with van der Waals surface area (Å²) in [6, 6.07) is 8.13. The van der Waals surface area contributed by atoms with Gasteiger partial charge in [-0.15, -0.1) is 0 Å². The van der Waals surface area contributed by atoms with Crippen LogP contribution in [0.25, 0.3) is 0 Å². The van der Waals surface area contributed by atoms with Crippen LogP contribution in [-0.4, -0.2) is 37.5 Å². The summed E-state index contributed by atoms with van der Waals surface area (Å²) in [5, 5.41) is 10.1. The van der Waals surface area contributed by atoms with Crippen LogP contribution in [0.15, 0.2) is 24.3 Å². The number of aliphatic hydroxyl groups is 1. The molecule has 3 nitrogen and oxygen atoms in total. The molecular weight excluding hydrogens is 250 g/mol. The lowest BCUT2D eigenvalue weighted by Gasteiger charge is -2.24. The van der Waals surface area contributed by atoms with E-state index in [4.69, 9.17) is 4.74 Å². The third kappa shape index (κ3) is 4.22. The molecule has 3 heteroatoms. The molecule has 1 unspecified atom stereocenters. The monoisotopic (exact) mass is 278 g/mol. The molecule has 0 amide bonds. The zero-order chi connectivity index (χ0) is 14.6. The number of aliphatic hydroxyl groups excluding tert-OH is 1. The van der Waals surface area contributed by atoms with E-state index in [0.717, 1.165) is 12.3 Å². The highest BCUT2D eigenvalue weighted by Gasteiger charge is 2.21. The first-order valence-electron chi connectivity index (χ1n) is 7.71. The summed E-state index contributed by atoms with van der Waals surface area (Å²) in [5.74, 6) is 0.899. The number of hydrogen-bond acceptors (Lipinski definition) is 2. The van der Waals surface area contributed by atoms with Crippen LogP contribution in [0.5, 0.6) is 5.75 Å². The molecule has 0 saturated carbocycles. The highest BCUT2D eigenvalue weighted by Crippen LogP contribution is 2.30. The third-order valence-electron chi connectivity index (χ3n) is 3.96. The van der Waals surface area contributed by atoms with Crippen molar-refractivity contribution in [1.29, 1.82) is 0 Å². The quantitative estimate of drug-likeness (QED) is 0.854. The van der Waals surface area contributed by atoms with E-state index in [2.05, 4.69) is 26.8 Å². The van der Waals surface area contributed by atoms with Gasteiger partial charge in [-0.2, -0.15) is 0 Å². The number of rotatable bonds is 5. The average Bonchev–Trinajstić information content (AvgIpc) is 2.88. The number of benzene rings is 1. The summed E-state index contributed by atoms with van der Waals surface area (Å²) in [6.07, 6.45) is 2.20. The molecule has 0 aliphatic carbocycles. The van der Waals surface area contributed by atoms with Gasteiger partial charge in [0.25, 0.3) is 0 Å². The Morgan fingerprint density at radius 2 is 1.85 bits per heavy atom. The molecule has 1 saturated heterocycles. The Kier molecular flexibility index (Phi) is 5.06. The van der Waals surface area contributed by atoms with Crippen LogP contribution in [0.3, 0.4) is 0 Å². The smallest absolute Gasteiger partial charge is 0.137 e. The molecule has 0 radical (unpaired) electrons. The Labute approximate surface area is 122 Å². The zero-order valence-electron chi connectivity index (χ0n) is 13.0. The van der Waals surface area contributed by atoms with E-state index in [0.29, 0.717) is 6.61 Å². The Hall–Kier alpha value is -1.06. The van der Waals surface area contributed by atoms with Crippen molar-refractivity contribution in [3.63, 3.8) is 0 Å². The summed E-state index contributed by atoms with van der Waals surface area (Å²) in [6.45, 7) is 10.1. The molecule has 20 heavy (non-hydrogen) atoms. The minimum atomic E-state index is -0.379. The molecule has 1 aromatic carbocycles. The lowest BCUT2D eigenvalue weighted by molar-refractivity contribution is -0.890. The maximum absolute atomic E-state index is 10.1. The second-order valence-electron chi connectivity index (χ2n) is 6.87. The Balaban J connectivity index is 1.90. The Morgan fingerprint density at radius 1 is 1.20 bits per heavy atom. The van der Waals surface area contributed by atoms with E-state index in [1.165, 1.54) is 36.4 Å². The highest BCUT2D eigenvalue weighted by molar-refractivity contribution is 5.38. The Bertz CT molecular complexity index is 419. The number of nitrogens with one attached hydrogen (secondary N) is 1. The van der Waals surface area contributed by atoms with Gasteiger partial charge in [-0.05, 0) is 17.0 Å². The number of para-hydroxylation sites is 1. The molecule has 1 atom stereocenters. The van der Waals surface area contributed by atoms with Crippen molar-refractivity contribution in [2.24, 2.45) is 0 Å². The lowest BCUT2D eigenvalue weighted by Crippen LogP contribution is -3.11. The van der Waals surface area contributed by atoms with Gasteiger partial charge in [-0.3, -0.25) is 0 Å². The molecule has 1 aliphatic heterocycles. The topological polar surface area (TPSA) is 33.9 Å². The number of quaternary nitrogens is 1. The van der Waals surface area contributed by atoms with Gasteiger partial charge in [-0.1, -0.05) is 39.0 Å². The second-order valence-corrected chi connectivity index (χ2v) is 6.87. The highest BCUT2D eigenvalue weighted by atomic mass is 16.5.